The van der Waals surface area contributed by atoms with Crippen LogP contribution >= 0.6 is 0 Å². The van der Waals surface area contributed by atoms with E-state index in [0.717, 1.165) is 11.1 Å². The predicted octanol–water partition coefficient (Wildman–Crippen LogP) is 2.75. The van der Waals surface area contributed by atoms with Crippen LogP contribution in [0.2, 0.25) is 0 Å². The zero-order chi connectivity index (χ0) is 14.7. The molecule has 3 rings (SSSR count). The number of hydrogen-bond donors (Lipinski definition) is 1. The van der Waals surface area contributed by atoms with Crippen molar-refractivity contribution in [3.05, 3.63) is 71.8 Å². The lowest BCUT2D eigenvalue weighted by Gasteiger charge is -2.21. The highest BCUT2D eigenvalue weighted by atomic mass is 16.5. The number of esters is 1. The van der Waals surface area contributed by atoms with Crippen LogP contribution in [0.25, 0.3) is 0 Å². The summed E-state index contributed by atoms with van der Waals surface area (Å²) in [5.41, 5.74) is 1.92. The summed E-state index contributed by atoms with van der Waals surface area (Å²) in [6.45, 7) is 0.284. The smallest absolute Gasteiger partial charge is 0.309 e. The molecule has 0 saturated carbocycles. The van der Waals surface area contributed by atoms with Crippen molar-refractivity contribution < 1.29 is 14.6 Å². The van der Waals surface area contributed by atoms with Gasteiger partial charge in [0.2, 0.25) is 0 Å². The van der Waals surface area contributed by atoms with Gasteiger partial charge in [0, 0.05) is 5.92 Å². The standard InChI is InChI=1S/C18H18O3/c19-17(14-9-5-2-6-10-14)16-12-21-18(20)15(16)11-13-7-3-1-4-8-13/h1-10,15-17,19H,11-12H2/t15-,16-,17+/m0/s1. The molecule has 1 fully saturated rings. The SMILES string of the molecule is O=C1OC[C@H]([C@H](O)c2ccccc2)[C@@H]1Cc1ccccc1. The fourth-order valence-corrected chi connectivity index (χ4v) is 2.89. The molecule has 1 aliphatic rings. The van der Waals surface area contributed by atoms with Gasteiger partial charge in [-0.3, -0.25) is 4.79 Å². The molecule has 3 heteroatoms. The zero-order valence-electron chi connectivity index (χ0n) is 11.7. The first-order chi connectivity index (χ1) is 10.3. The van der Waals surface area contributed by atoms with E-state index in [1.165, 1.54) is 0 Å². The van der Waals surface area contributed by atoms with E-state index in [4.69, 9.17) is 4.74 Å². The molecule has 1 heterocycles. The Kier molecular flexibility index (Phi) is 4.02. The highest BCUT2D eigenvalue weighted by Gasteiger charge is 2.41. The largest absolute Gasteiger partial charge is 0.465 e. The zero-order valence-corrected chi connectivity index (χ0v) is 11.7. The average molecular weight is 282 g/mol. The van der Waals surface area contributed by atoms with Crippen LogP contribution in [0.5, 0.6) is 0 Å². The van der Waals surface area contributed by atoms with Crippen molar-refractivity contribution in [2.45, 2.75) is 12.5 Å². The van der Waals surface area contributed by atoms with Crippen LogP contribution in [0.4, 0.5) is 0 Å². The summed E-state index contributed by atoms with van der Waals surface area (Å²) in [4.78, 5) is 12.0. The molecule has 3 atom stereocenters. The van der Waals surface area contributed by atoms with E-state index in [2.05, 4.69) is 0 Å². The van der Waals surface area contributed by atoms with E-state index in [0.29, 0.717) is 6.42 Å². The van der Waals surface area contributed by atoms with Gasteiger partial charge in [-0.2, -0.15) is 0 Å². The number of carbonyl (C=O) groups is 1. The van der Waals surface area contributed by atoms with Gasteiger partial charge in [0.15, 0.2) is 0 Å². The molecule has 0 unspecified atom stereocenters. The monoisotopic (exact) mass is 282 g/mol. The van der Waals surface area contributed by atoms with Gasteiger partial charge in [-0.15, -0.1) is 0 Å². The van der Waals surface area contributed by atoms with Crippen molar-refractivity contribution in [3.8, 4) is 0 Å². The lowest BCUT2D eigenvalue weighted by atomic mass is 9.83. The summed E-state index contributed by atoms with van der Waals surface area (Å²) in [5, 5.41) is 10.6. The van der Waals surface area contributed by atoms with Crippen molar-refractivity contribution in [2.75, 3.05) is 6.61 Å². The van der Waals surface area contributed by atoms with E-state index in [9.17, 15) is 9.90 Å². The number of aliphatic hydroxyl groups is 1. The quantitative estimate of drug-likeness (QED) is 0.877. The Bertz CT molecular complexity index is 594. The molecule has 1 aliphatic heterocycles. The number of cyclic esters (lactones) is 1. The number of carbonyl (C=O) groups excluding carboxylic acids is 1. The molecular formula is C18H18O3. The van der Waals surface area contributed by atoms with Gasteiger partial charge < -0.3 is 9.84 Å². The molecule has 0 radical (unpaired) electrons. The fraction of sp³-hybridized carbons (Fsp3) is 0.278. The van der Waals surface area contributed by atoms with Gasteiger partial charge in [0.25, 0.3) is 0 Å². The van der Waals surface area contributed by atoms with Crippen LogP contribution in [0.1, 0.15) is 17.2 Å². The number of benzene rings is 2. The second kappa shape index (κ2) is 6.10. The molecule has 1 N–H and O–H groups in total. The third kappa shape index (κ3) is 2.98. The normalized spacial score (nSPS) is 22.8. The van der Waals surface area contributed by atoms with Gasteiger partial charge in [-0.25, -0.2) is 0 Å². The maximum Gasteiger partial charge on any atom is 0.309 e. The number of hydrogen-bond acceptors (Lipinski definition) is 3. The van der Waals surface area contributed by atoms with Crippen LogP contribution in [-0.4, -0.2) is 17.7 Å². The molecule has 0 spiro atoms. The third-order valence-corrected chi connectivity index (χ3v) is 4.08. The maximum absolute atomic E-state index is 12.0. The van der Waals surface area contributed by atoms with Crippen molar-refractivity contribution in [3.63, 3.8) is 0 Å². The highest BCUT2D eigenvalue weighted by molar-refractivity contribution is 5.75. The summed E-state index contributed by atoms with van der Waals surface area (Å²) in [6, 6.07) is 19.3. The molecule has 1 saturated heterocycles. The molecule has 21 heavy (non-hydrogen) atoms. The summed E-state index contributed by atoms with van der Waals surface area (Å²) in [5.74, 6) is -0.693. The number of rotatable bonds is 4. The summed E-state index contributed by atoms with van der Waals surface area (Å²) >= 11 is 0. The van der Waals surface area contributed by atoms with Crippen LogP contribution in [0, 0.1) is 11.8 Å². The Labute approximate surface area is 124 Å². The minimum absolute atomic E-state index is 0.194. The van der Waals surface area contributed by atoms with Gasteiger partial charge >= 0.3 is 5.97 Å². The highest BCUT2D eigenvalue weighted by Crippen LogP contribution is 2.35. The van der Waals surface area contributed by atoms with Crippen molar-refractivity contribution in [1.29, 1.82) is 0 Å². The van der Waals surface area contributed by atoms with Crippen molar-refractivity contribution in [1.82, 2.24) is 0 Å². The average Bonchev–Trinajstić information content (AvgIpc) is 2.90. The topological polar surface area (TPSA) is 46.5 Å². The summed E-state index contributed by atoms with van der Waals surface area (Å²) < 4.78 is 5.19. The Morgan fingerprint density at radius 3 is 2.33 bits per heavy atom. The van der Waals surface area contributed by atoms with Gasteiger partial charge in [-0.05, 0) is 17.5 Å². The van der Waals surface area contributed by atoms with E-state index in [1.807, 2.05) is 60.7 Å². The van der Waals surface area contributed by atoms with Crippen LogP contribution in [0.15, 0.2) is 60.7 Å². The third-order valence-electron chi connectivity index (χ3n) is 4.08. The second-order valence-corrected chi connectivity index (χ2v) is 5.45. The Balaban J connectivity index is 1.79. The van der Waals surface area contributed by atoms with E-state index < -0.39 is 6.10 Å². The molecule has 0 amide bonds. The molecule has 0 aliphatic carbocycles. The van der Waals surface area contributed by atoms with Crippen molar-refractivity contribution in [2.24, 2.45) is 11.8 Å². The van der Waals surface area contributed by atoms with E-state index in [1.54, 1.807) is 0 Å². The maximum atomic E-state index is 12.0. The lowest BCUT2D eigenvalue weighted by molar-refractivity contribution is -0.141. The summed E-state index contributed by atoms with van der Waals surface area (Å²) in [6.07, 6.45) is -0.0693. The van der Waals surface area contributed by atoms with Crippen molar-refractivity contribution >= 4 is 5.97 Å². The Hall–Kier alpha value is -2.13. The minimum atomic E-state index is -0.675. The van der Waals surface area contributed by atoms with E-state index >= 15 is 0 Å². The van der Waals surface area contributed by atoms with E-state index in [-0.39, 0.29) is 24.4 Å². The fourth-order valence-electron chi connectivity index (χ4n) is 2.89. The molecule has 0 aromatic heterocycles. The Morgan fingerprint density at radius 1 is 1.05 bits per heavy atom. The first-order valence-corrected chi connectivity index (χ1v) is 7.19. The predicted molar refractivity (Wildman–Crippen MR) is 79.5 cm³/mol. The molecule has 3 nitrogen and oxygen atoms in total. The lowest BCUT2D eigenvalue weighted by Crippen LogP contribution is -2.24. The number of aliphatic hydroxyl groups excluding tert-OH is 1. The van der Waals surface area contributed by atoms with Crippen LogP contribution in [0.3, 0.4) is 0 Å². The van der Waals surface area contributed by atoms with Crippen LogP contribution < -0.4 is 0 Å². The number of ether oxygens (including phenoxy) is 1. The molecule has 0 bridgehead atoms. The second-order valence-electron chi connectivity index (χ2n) is 5.45. The van der Waals surface area contributed by atoms with Crippen LogP contribution in [-0.2, 0) is 16.0 Å². The summed E-state index contributed by atoms with van der Waals surface area (Å²) in [7, 11) is 0. The molecule has 2 aromatic carbocycles. The Morgan fingerprint density at radius 2 is 1.67 bits per heavy atom. The van der Waals surface area contributed by atoms with Gasteiger partial charge in [0.05, 0.1) is 18.6 Å². The van der Waals surface area contributed by atoms with Gasteiger partial charge in [0.1, 0.15) is 0 Å². The first-order valence-electron chi connectivity index (χ1n) is 7.19. The molecule has 108 valence electrons. The molecular weight excluding hydrogens is 264 g/mol. The minimum Gasteiger partial charge on any atom is -0.465 e. The van der Waals surface area contributed by atoms with Gasteiger partial charge in [-0.1, -0.05) is 60.7 Å². The first kappa shape index (κ1) is 13.8. The molecule has 2 aromatic rings.